The van der Waals surface area contributed by atoms with Crippen LogP contribution >= 0.6 is 11.3 Å². The largest absolute Gasteiger partial charge is 0.493 e. The molecule has 0 bridgehead atoms. The Morgan fingerprint density at radius 1 is 1.32 bits per heavy atom. The quantitative estimate of drug-likeness (QED) is 0.698. The van der Waals surface area contributed by atoms with Gasteiger partial charge in [0.2, 0.25) is 16.0 Å². The van der Waals surface area contributed by atoms with Crippen LogP contribution in [0.25, 0.3) is 16.1 Å². The highest BCUT2D eigenvalue weighted by molar-refractivity contribution is 7.20. The van der Waals surface area contributed by atoms with E-state index in [1.165, 1.54) is 24.3 Å². The van der Waals surface area contributed by atoms with Crippen molar-refractivity contribution < 1.29 is 9.50 Å². The Bertz CT molecular complexity index is 825. The van der Waals surface area contributed by atoms with Crippen molar-refractivity contribution in [3.8, 4) is 17.0 Å². The van der Waals surface area contributed by atoms with E-state index in [1.54, 1.807) is 0 Å². The summed E-state index contributed by atoms with van der Waals surface area (Å²) in [6, 6.07) is 5.15. The maximum Gasteiger partial charge on any atom is 0.287 e. The molecule has 19 heavy (non-hydrogen) atoms. The van der Waals surface area contributed by atoms with Gasteiger partial charge in [-0.25, -0.2) is 4.39 Å². The summed E-state index contributed by atoms with van der Waals surface area (Å²) in [5.74, 6) is -0.865. The number of anilines is 1. The fourth-order valence-electron chi connectivity index (χ4n) is 1.72. The van der Waals surface area contributed by atoms with Crippen LogP contribution in [0.2, 0.25) is 0 Å². The van der Waals surface area contributed by atoms with Crippen LogP contribution in [-0.2, 0) is 0 Å². The molecule has 0 aliphatic carbocycles. The molecule has 0 unspecified atom stereocenters. The highest BCUT2D eigenvalue weighted by Crippen LogP contribution is 2.26. The van der Waals surface area contributed by atoms with Gasteiger partial charge in [0.1, 0.15) is 11.4 Å². The lowest BCUT2D eigenvalue weighted by atomic mass is 10.1. The van der Waals surface area contributed by atoms with Crippen LogP contribution in [0.4, 0.5) is 9.52 Å². The smallest absolute Gasteiger partial charge is 0.287 e. The molecule has 6 nitrogen and oxygen atoms in total. The number of aromatic nitrogens is 3. The van der Waals surface area contributed by atoms with Crippen LogP contribution in [0.15, 0.2) is 29.1 Å². The van der Waals surface area contributed by atoms with Gasteiger partial charge < -0.3 is 10.8 Å². The summed E-state index contributed by atoms with van der Waals surface area (Å²) in [5.41, 5.74) is 5.26. The Morgan fingerprint density at radius 2 is 2.00 bits per heavy atom. The van der Waals surface area contributed by atoms with E-state index in [4.69, 9.17) is 5.73 Å². The van der Waals surface area contributed by atoms with E-state index in [1.807, 2.05) is 0 Å². The summed E-state index contributed by atoms with van der Waals surface area (Å²) in [4.78, 5) is 16.3. The monoisotopic (exact) mass is 278 g/mol. The zero-order chi connectivity index (χ0) is 13.6. The van der Waals surface area contributed by atoms with Gasteiger partial charge in [-0.3, -0.25) is 4.79 Å². The molecule has 0 spiro atoms. The number of benzene rings is 1. The van der Waals surface area contributed by atoms with Crippen molar-refractivity contribution in [1.29, 1.82) is 0 Å². The predicted molar refractivity (Wildman–Crippen MR) is 68.6 cm³/mol. The van der Waals surface area contributed by atoms with Gasteiger partial charge in [0.25, 0.3) is 5.56 Å². The number of rotatable bonds is 1. The molecule has 2 heterocycles. The van der Waals surface area contributed by atoms with Crippen molar-refractivity contribution in [1.82, 2.24) is 14.6 Å². The molecular formula is C11H7FN4O2S. The maximum atomic E-state index is 12.9. The first kappa shape index (κ1) is 11.6. The summed E-state index contributed by atoms with van der Waals surface area (Å²) < 4.78 is 13.9. The third-order valence-electron chi connectivity index (χ3n) is 2.54. The van der Waals surface area contributed by atoms with Gasteiger partial charge in [0.05, 0.1) is 0 Å². The minimum absolute atomic E-state index is 0.0391. The first-order valence-corrected chi connectivity index (χ1v) is 6.02. The Hall–Kier alpha value is -2.48. The van der Waals surface area contributed by atoms with Crippen molar-refractivity contribution in [3.63, 3.8) is 0 Å². The molecule has 0 fully saturated rings. The van der Waals surface area contributed by atoms with Gasteiger partial charge in [-0.2, -0.15) is 9.50 Å². The molecule has 0 atom stereocenters. The zero-order valence-corrected chi connectivity index (χ0v) is 10.2. The molecule has 8 heteroatoms. The highest BCUT2D eigenvalue weighted by atomic mass is 32.1. The highest BCUT2D eigenvalue weighted by Gasteiger charge is 2.16. The van der Waals surface area contributed by atoms with Crippen LogP contribution in [0.5, 0.6) is 5.88 Å². The van der Waals surface area contributed by atoms with Gasteiger partial charge in [0.15, 0.2) is 0 Å². The first-order valence-electron chi connectivity index (χ1n) is 5.20. The summed E-state index contributed by atoms with van der Waals surface area (Å²) >= 11 is 0.985. The average Bonchev–Trinajstić information content (AvgIpc) is 2.72. The Morgan fingerprint density at radius 3 is 2.68 bits per heavy atom. The molecule has 96 valence electrons. The molecule has 1 aromatic carbocycles. The van der Waals surface area contributed by atoms with Gasteiger partial charge in [-0.1, -0.05) is 23.5 Å². The van der Waals surface area contributed by atoms with E-state index >= 15 is 0 Å². The van der Waals surface area contributed by atoms with Crippen LogP contribution in [-0.4, -0.2) is 19.7 Å². The van der Waals surface area contributed by atoms with E-state index < -0.39 is 17.3 Å². The zero-order valence-electron chi connectivity index (χ0n) is 9.37. The molecule has 3 aromatic rings. The number of hydrogen-bond acceptors (Lipinski definition) is 6. The van der Waals surface area contributed by atoms with E-state index in [9.17, 15) is 14.3 Å². The molecule has 0 aliphatic heterocycles. The molecule has 0 radical (unpaired) electrons. The van der Waals surface area contributed by atoms with E-state index in [2.05, 4.69) is 10.1 Å². The van der Waals surface area contributed by atoms with E-state index in [-0.39, 0.29) is 15.7 Å². The third kappa shape index (κ3) is 1.82. The number of nitrogen functional groups attached to an aromatic ring is 1. The van der Waals surface area contributed by atoms with Gasteiger partial charge in [0, 0.05) is 0 Å². The lowest BCUT2D eigenvalue weighted by Crippen LogP contribution is -2.17. The summed E-state index contributed by atoms with van der Waals surface area (Å²) in [5, 5.41) is 13.8. The minimum Gasteiger partial charge on any atom is -0.493 e. The summed E-state index contributed by atoms with van der Waals surface area (Å²) in [7, 11) is 0. The standard InChI is InChI=1S/C11H7FN4O2S/c12-6-3-1-5(2-4-6)7-8(17)14-11-16(9(7)18)15-10(13)19-11/h1-4,17H,(H2,13,15). The number of fused-ring (bicyclic) bond motifs is 1. The number of hydrogen-bond donors (Lipinski definition) is 2. The number of nitrogens with two attached hydrogens (primary N) is 1. The van der Waals surface area contributed by atoms with Crippen molar-refractivity contribution in [2.75, 3.05) is 5.73 Å². The van der Waals surface area contributed by atoms with Crippen molar-refractivity contribution >= 4 is 21.4 Å². The Balaban J connectivity index is 2.34. The second-order valence-corrected chi connectivity index (χ2v) is 4.74. The number of halogens is 1. The SMILES string of the molecule is Nc1nn2c(=O)c(-c3ccc(F)cc3)c(O)nc2s1. The topological polar surface area (TPSA) is 93.5 Å². The van der Waals surface area contributed by atoms with Gasteiger partial charge >= 0.3 is 0 Å². The maximum absolute atomic E-state index is 12.9. The molecule has 3 rings (SSSR count). The molecule has 3 N–H and O–H groups in total. The minimum atomic E-state index is -0.554. The molecule has 0 saturated heterocycles. The van der Waals surface area contributed by atoms with Crippen LogP contribution in [0.3, 0.4) is 0 Å². The Kier molecular flexibility index (Phi) is 2.46. The second-order valence-electron chi connectivity index (χ2n) is 3.76. The van der Waals surface area contributed by atoms with Crippen LogP contribution in [0, 0.1) is 5.82 Å². The summed E-state index contributed by atoms with van der Waals surface area (Å²) in [6.07, 6.45) is 0. The molecule has 2 aromatic heterocycles. The molecule has 0 amide bonds. The molecule has 0 aliphatic rings. The molecular weight excluding hydrogens is 271 g/mol. The first-order chi connectivity index (χ1) is 9.06. The van der Waals surface area contributed by atoms with Crippen LogP contribution < -0.4 is 11.3 Å². The third-order valence-corrected chi connectivity index (χ3v) is 3.28. The van der Waals surface area contributed by atoms with E-state index in [0.29, 0.717) is 5.56 Å². The number of aromatic hydroxyl groups is 1. The fraction of sp³-hybridized carbons (Fsp3) is 0. The normalized spacial score (nSPS) is 11.0. The predicted octanol–water partition coefficient (Wildman–Crippen LogP) is 1.24. The van der Waals surface area contributed by atoms with Crippen molar-refractivity contribution in [2.24, 2.45) is 0 Å². The van der Waals surface area contributed by atoms with E-state index in [0.717, 1.165) is 15.9 Å². The van der Waals surface area contributed by atoms with Gasteiger partial charge in [-0.05, 0) is 17.7 Å². The lowest BCUT2D eigenvalue weighted by Gasteiger charge is -2.03. The number of nitrogens with zero attached hydrogens (tertiary/aromatic N) is 3. The lowest BCUT2D eigenvalue weighted by molar-refractivity contribution is 0.455. The average molecular weight is 278 g/mol. The molecule has 0 saturated carbocycles. The van der Waals surface area contributed by atoms with Crippen LogP contribution in [0.1, 0.15) is 0 Å². The Labute approximate surface area is 109 Å². The second kappa shape index (κ2) is 4.02. The fourth-order valence-corrected chi connectivity index (χ4v) is 2.37. The van der Waals surface area contributed by atoms with Gasteiger partial charge in [-0.15, -0.1) is 5.10 Å². The summed E-state index contributed by atoms with van der Waals surface area (Å²) in [6.45, 7) is 0. The van der Waals surface area contributed by atoms with Crippen molar-refractivity contribution in [2.45, 2.75) is 0 Å². The van der Waals surface area contributed by atoms with Crippen molar-refractivity contribution in [3.05, 3.63) is 40.4 Å².